The molecule has 1 aliphatic rings. The van der Waals surface area contributed by atoms with Gasteiger partial charge in [-0.3, -0.25) is 4.79 Å². The summed E-state index contributed by atoms with van der Waals surface area (Å²) < 4.78 is 62.9. The molecule has 6 nitrogen and oxygen atoms in total. The van der Waals surface area contributed by atoms with E-state index in [1.54, 1.807) is 5.32 Å². The SMILES string of the molecule is CC1(CN)CCN(S(=O)(=O)c2ccc(C(=O)NCC(F)(F)F)cc2)C1.Cl. The Bertz CT molecular complexity index is 741. The van der Waals surface area contributed by atoms with Crippen molar-refractivity contribution in [3.05, 3.63) is 29.8 Å². The van der Waals surface area contributed by atoms with Gasteiger partial charge in [-0.25, -0.2) is 8.42 Å². The highest BCUT2D eigenvalue weighted by Gasteiger charge is 2.39. The van der Waals surface area contributed by atoms with Crippen LogP contribution in [-0.4, -0.2) is 51.0 Å². The van der Waals surface area contributed by atoms with Crippen molar-refractivity contribution in [3.63, 3.8) is 0 Å². The van der Waals surface area contributed by atoms with E-state index < -0.39 is 28.7 Å². The fourth-order valence-electron chi connectivity index (χ4n) is 2.56. The molecule has 148 valence electrons. The number of halogens is 4. The van der Waals surface area contributed by atoms with E-state index >= 15 is 0 Å². The van der Waals surface area contributed by atoms with Gasteiger partial charge in [-0.2, -0.15) is 17.5 Å². The number of nitrogens with two attached hydrogens (primary N) is 1. The highest BCUT2D eigenvalue weighted by atomic mass is 35.5. The van der Waals surface area contributed by atoms with Crippen molar-refractivity contribution in [2.45, 2.75) is 24.4 Å². The number of carbonyl (C=O) groups excluding carboxylic acids is 1. The lowest BCUT2D eigenvalue weighted by Gasteiger charge is -2.22. The third-order valence-electron chi connectivity index (χ3n) is 4.22. The summed E-state index contributed by atoms with van der Waals surface area (Å²) in [6, 6.07) is 4.82. The molecule has 1 aliphatic heterocycles. The lowest BCUT2D eigenvalue weighted by molar-refractivity contribution is -0.123. The van der Waals surface area contributed by atoms with Crippen LogP contribution in [0, 0.1) is 5.41 Å². The summed E-state index contributed by atoms with van der Waals surface area (Å²) in [4.78, 5) is 11.6. The van der Waals surface area contributed by atoms with Gasteiger partial charge in [0.15, 0.2) is 0 Å². The molecule has 0 aliphatic carbocycles. The molecule has 1 aromatic rings. The molecule has 1 aromatic carbocycles. The van der Waals surface area contributed by atoms with Crippen LogP contribution in [0.5, 0.6) is 0 Å². The van der Waals surface area contributed by atoms with Gasteiger partial charge in [-0.05, 0) is 42.6 Å². The van der Waals surface area contributed by atoms with Crippen LogP contribution in [0.2, 0.25) is 0 Å². The minimum atomic E-state index is -4.51. The van der Waals surface area contributed by atoms with Crippen LogP contribution in [0.4, 0.5) is 13.2 Å². The van der Waals surface area contributed by atoms with E-state index in [0.717, 1.165) is 0 Å². The fraction of sp³-hybridized carbons (Fsp3) is 0.533. The minimum Gasteiger partial charge on any atom is -0.343 e. The number of benzene rings is 1. The summed E-state index contributed by atoms with van der Waals surface area (Å²) >= 11 is 0. The molecule has 3 N–H and O–H groups in total. The van der Waals surface area contributed by atoms with Gasteiger partial charge in [0.1, 0.15) is 6.54 Å². The Labute approximate surface area is 156 Å². The first-order valence-electron chi connectivity index (χ1n) is 7.62. The van der Waals surface area contributed by atoms with Crippen LogP contribution in [0.1, 0.15) is 23.7 Å². The molecule has 1 amide bonds. The van der Waals surface area contributed by atoms with E-state index in [9.17, 15) is 26.4 Å². The predicted molar refractivity (Wildman–Crippen MR) is 92.6 cm³/mol. The van der Waals surface area contributed by atoms with E-state index in [2.05, 4.69) is 0 Å². The highest BCUT2D eigenvalue weighted by Crippen LogP contribution is 2.32. The number of alkyl halides is 3. The number of nitrogens with one attached hydrogen (secondary N) is 1. The van der Waals surface area contributed by atoms with E-state index in [-0.39, 0.29) is 28.3 Å². The molecule has 11 heteroatoms. The van der Waals surface area contributed by atoms with Crippen LogP contribution in [-0.2, 0) is 10.0 Å². The second-order valence-corrected chi connectivity index (χ2v) is 8.36. The third-order valence-corrected chi connectivity index (χ3v) is 6.08. The second-order valence-electron chi connectivity index (χ2n) is 6.43. The lowest BCUT2D eigenvalue weighted by atomic mass is 9.90. The van der Waals surface area contributed by atoms with Gasteiger partial charge < -0.3 is 11.1 Å². The maximum atomic E-state index is 12.6. The van der Waals surface area contributed by atoms with Crippen molar-refractivity contribution < 1.29 is 26.4 Å². The normalized spacial score (nSPS) is 21.3. The molecule has 0 aromatic heterocycles. The Balaban J connectivity index is 0.00000338. The van der Waals surface area contributed by atoms with Gasteiger partial charge >= 0.3 is 6.18 Å². The van der Waals surface area contributed by atoms with E-state index in [1.165, 1.54) is 28.6 Å². The second kappa shape index (κ2) is 8.12. The van der Waals surface area contributed by atoms with Gasteiger partial charge in [0.05, 0.1) is 4.90 Å². The summed E-state index contributed by atoms with van der Waals surface area (Å²) in [7, 11) is -3.73. The zero-order valence-electron chi connectivity index (χ0n) is 14.0. The van der Waals surface area contributed by atoms with Crippen LogP contribution in [0.25, 0.3) is 0 Å². The highest BCUT2D eigenvalue weighted by molar-refractivity contribution is 7.89. The number of rotatable bonds is 5. The Morgan fingerprint density at radius 3 is 2.35 bits per heavy atom. The van der Waals surface area contributed by atoms with Gasteiger partial charge in [-0.1, -0.05) is 6.92 Å². The molecular weight excluding hydrogens is 395 g/mol. The van der Waals surface area contributed by atoms with E-state index in [0.29, 0.717) is 26.1 Å². The molecule has 0 bridgehead atoms. The number of nitrogens with zero attached hydrogens (tertiary/aromatic N) is 1. The van der Waals surface area contributed by atoms with E-state index in [1.807, 2.05) is 6.92 Å². The smallest absolute Gasteiger partial charge is 0.343 e. The zero-order valence-corrected chi connectivity index (χ0v) is 15.7. The predicted octanol–water partition coefficient (Wildman–Crippen LogP) is 1.76. The van der Waals surface area contributed by atoms with Crippen LogP contribution in [0.3, 0.4) is 0 Å². The molecule has 1 unspecified atom stereocenters. The number of sulfonamides is 1. The zero-order chi connectivity index (χ0) is 18.9. The first-order valence-corrected chi connectivity index (χ1v) is 9.06. The number of carbonyl (C=O) groups is 1. The Morgan fingerprint density at radius 2 is 1.88 bits per heavy atom. The fourth-order valence-corrected chi connectivity index (χ4v) is 4.15. The van der Waals surface area contributed by atoms with Gasteiger partial charge in [0.2, 0.25) is 10.0 Å². The molecule has 26 heavy (non-hydrogen) atoms. The molecule has 0 spiro atoms. The Morgan fingerprint density at radius 1 is 1.31 bits per heavy atom. The maximum Gasteiger partial charge on any atom is 0.405 e. The quantitative estimate of drug-likeness (QED) is 0.766. The average Bonchev–Trinajstić information content (AvgIpc) is 2.96. The van der Waals surface area contributed by atoms with Crippen molar-refractivity contribution in [1.29, 1.82) is 0 Å². The first-order chi connectivity index (χ1) is 11.5. The lowest BCUT2D eigenvalue weighted by Crippen LogP contribution is -2.34. The largest absolute Gasteiger partial charge is 0.405 e. The standard InChI is InChI=1S/C15H20F3N3O3S.ClH/c1-14(8-19)6-7-21(10-14)25(23,24)12-4-2-11(3-5-12)13(22)20-9-15(16,17)18;/h2-5H,6-10,19H2,1H3,(H,20,22);1H. The van der Waals surface area contributed by atoms with Crippen LogP contribution in [0.15, 0.2) is 29.2 Å². The van der Waals surface area contributed by atoms with Crippen molar-refractivity contribution in [2.75, 3.05) is 26.2 Å². The van der Waals surface area contributed by atoms with Gasteiger partial charge in [-0.15, -0.1) is 12.4 Å². The molecule has 1 atom stereocenters. The molecule has 2 rings (SSSR count). The van der Waals surface area contributed by atoms with E-state index in [4.69, 9.17) is 5.73 Å². The summed E-state index contributed by atoms with van der Waals surface area (Å²) in [5.74, 6) is -0.918. The van der Waals surface area contributed by atoms with Crippen molar-refractivity contribution in [2.24, 2.45) is 11.1 Å². The van der Waals surface area contributed by atoms with Crippen LogP contribution < -0.4 is 11.1 Å². The average molecular weight is 416 g/mol. The summed E-state index contributed by atoms with van der Waals surface area (Å²) in [6.07, 6.45) is -3.86. The molecule has 1 fully saturated rings. The number of hydrogen-bond acceptors (Lipinski definition) is 4. The Hall–Kier alpha value is -1.36. The Kier molecular flexibility index (Phi) is 7.08. The van der Waals surface area contributed by atoms with Crippen molar-refractivity contribution >= 4 is 28.3 Å². The molecular formula is C15H21ClF3N3O3S. The number of amides is 1. The molecule has 1 saturated heterocycles. The monoisotopic (exact) mass is 415 g/mol. The first kappa shape index (κ1) is 22.7. The van der Waals surface area contributed by atoms with Gasteiger partial charge in [0, 0.05) is 18.7 Å². The van der Waals surface area contributed by atoms with Crippen LogP contribution >= 0.6 is 12.4 Å². The summed E-state index contributed by atoms with van der Waals surface area (Å²) in [5.41, 5.74) is 5.36. The van der Waals surface area contributed by atoms with Crippen molar-refractivity contribution in [3.8, 4) is 0 Å². The topological polar surface area (TPSA) is 92.5 Å². The van der Waals surface area contributed by atoms with Gasteiger partial charge in [0.25, 0.3) is 5.91 Å². The molecule has 1 heterocycles. The molecule has 0 radical (unpaired) electrons. The summed E-state index contributed by atoms with van der Waals surface area (Å²) in [5, 5.41) is 1.73. The molecule has 0 saturated carbocycles. The summed E-state index contributed by atoms with van der Waals surface area (Å²) in [6.45, 7) is 1.49. The van der Waals surface area contributed by atoms with Crippen molar-refractivity contribution in [1.82, 2.24) is 9.62 Å². The minimum absolute atomic E-state index is 0. The third kappa shape index (κ3) is 5.32. The maximum absolute atomic E-state index is 12.6. The number of hydrogen-bond donors (Lipinski definition) is 2.